The highest BCUT2D eigenvalue weighted by Crippen LogP contribution is 2.45. The van der Waals surface area contributed by atoms with Gasteiger partial charge in [0, 0.05) is 38.4 Å². The average Bonchev–Trinajstić information content (AvgIpc) is 3.74. The van der Waals surface area contributed by atoms with E-state index >= 15 is 0 Å². The molecule has 0 fully saturated rings. The first-order valence-corrected chi connectivity index (χ1v) is 17.6. The van der Waals surface area contributed by atoms with Crippen LogP contribution in [0.1, 0.15) is 5.56 Å². The summed E-state index contributed by atoms with van der Waals surface area (Å²) in [4.78, 5) is 0. The summed E-state index contributed by atoms with van der Waals surface area (Å²) in [5, 5.41) is 15.4. The van der Waals surface area contributed by atoms with E-state index in [0.29, 0.717) is 5.56 Å². The van der Waals surface area contributed by atoms with E-state index in [1.165, 1.54) is 38.1 Å². The molecule has 8 aromatic carbocycles. The molecule has 0 amide bonds. The molecule has 242 valence electrons. The van der Waals surface area contributed by atoms with Crippen molar-refractivity contribution in [2.75, 3.05) is 0 Å². The van der Waals surface area contributed by atoms with Crippen LogP contribution in [0, 0.1) is 11.3 Å². The van der Waals surface area contributed by atoms with E-state index in [1.54, 1.807) is 0 Å². The van der Waals surface area contributed by atoms with Gasteiger partial charge >= 0.3 is 0 Å². The molecule has 0 aliphatic carbocycles. The number of fused-ring (bicyclic) bond motifs is 6. The molecule has 0 aliphatic heterocycles. The zero-order chi connectivity index (χ0) is 34.6. The molecule has 0 atom stereocenters. The molecule has 2 heterocycles. The van der Waals surface area contributed by atoms with Crippen molar-refractivity contribution in [3.63, 3.8) is 0 Å². The van der Waals surface area contributed by atoms with Crippen LogP contribution in [-0.2, 0) is 0 Å². The summed E-state index contributed by atoms with van der Waals surface area (Å²) in [5.41, 5.74) is 13.8. The van der Waals surface area contributed by atoms with Crippen LogP contribution in [0.4, 0.5) is 0 Å². The topological polar surface area (TPSA) is 33.6 Å². The standard InChI is InChI=1S/C49H31N3/c50-32-36-27-29-39(33-15-4-1-5-16-33)49(47(36)34-17-6-2-7-18-34)52-44-25-13-11-22-41(44)48-38(23-14-26-46(48)52)35-28-30-45-42(31-35)40-21-10-12-24-43(40)51(45)37-19-8-3-9-20-37/h1-31H. The van der Waals surface area contributed by atoms with Crippen molar-refractivity contribution in [3.05, 3.63) is 194 Å². The minimum atomic E-state index is 0.642. The Hall–Kier alpha value is -7.15. The van der Waals surface area contributed by atoms with E-state index < -0.39 is 0 Å². The fraction of sp³-hybridized carbons (Fsp3) is 0. The minimum Gasteiger partial charge on any atom is -0.309 e. The molecule has 52 heavy (non-hydrogen) atoms. The largest absolute Gasteiger partial charge is 0.309 e. The normalized spacial score (nSPS) is 11.4. The maximum atomic E-state index is 10.6. The lowest BCUT2D eigenvalue weighted by Crippen LogP contribution is -2.02. The quantitative estimate of drug-likeness (QED) is 0.181. The van der Waals surface area contributed by atoms with Gasteiger partial charge in [-0.15, -0.1) is 0 Å². The fourth-order valence-corrected chi connectivity index (χ4v) is 8.16. The van der Waals surface area contributed by atoms with Gasteiger partial charge in [-0.25, -0.2) is 0 Å². The first-order valence-electron chi connectivity index (χ1n) is 17.6. The van der Waals surface area contributed by atoms with Crippen LogP contribution in [0.2, 0.25) is 0 Å². The van der Waals surface area contributed by atoms with E-state index in [2.05, 4.69) is 173 Å². The number of hydrogen-bond acceptors (Lipinski definition) is 1. The third kappa shape index (κ3) is 4.52. The number of nitriles is 1. The Morgan fingerprint density at radius 1 is 0.385 bits per heavy atom. The molecule has 0 N–H and O–H groups in total. The summed E-state index contributed by atoms with van der Waals surface area (Å²) in [6.45, 7) is 0. The molecule has 0 radical (unpaired) electrons. The van der Waals surface area contributed by atoms with Gasteiger partial charge in [-0.2, -0.15) is 5.26 Å². The summed E-state index contributed by atoms with van der Waals surface area (Å²) in [5.74, 6) is 0. The van der Waals surface area contributed by atoms with Gasteiger partial charge in [-0.1, -0.05) is 140 Å². The molecule has 0 saturated carbocycles. The van der Waals surface area contributed by atoms with Crippen molar-refractivity contribution in [2.24, 2.45) is 0 Å². The second-order valence-electron chi connectivity index (χ2n) is 13.2. The first-order chi connectivity index (χ1) is 25.8. The van der Waals surface area contributed by atoms with E-state index in [1.807, 2.05) is 30.3 Å². The number of hydrogen-bond donors (Lipinski definition) is 0. The van der Waals surface area contributed by atoms with Crippen LogP contribution in [-0.4, -0.2) is 9.13 Å². The number of benzene rings is 8. The molecule has 0 unspecified atom stereocenters. The van der Waals surface area contributed by atoms with Gasteiger partial charge in [0.2, 0.25) is 0 Å². The lowest BCUT2D eigenvalue weighted by atomic mass is 9.91. The summed E-state index contributed by atoms with van der Waals surface area (Å²) in [6.07, 6.45) is 0. The Bertz CT molecular complexity index is 3000. The predicted octanol–water partition coefficient (Wildman–Crippen LogP) is 12.8. The van der Waals surface area contributed by atoms with Crippen molar-refractivity contribution in [2.45, 2.75) is 0 Å². The summed E-state index contributed by atoms with van der Waals surface area (Å²) >= 11 is 0. The Kier molecular flexibility index (Phi) is 6.87. The van der Waals surface area contributed by atoms with E-state index in [9.17, 15) is 5.26 Å². The second kappa shape index (κ2) is 12.0. The molecule has 2 aromatic heterocycles. The zero-order valence-corrected chi connectivity index (χ0v) is 28.2. The summed E-state index contributed by atoms with van der Waals surface area (Å²) in [7, 11) is 0. The highest BCUT2D eigenvalue weighted by atomic mass is 15.0. The van der Waals surface area contributed by atoms with Crippen molar-refractivity contribution in [1.82, 2.24) is 9.13 Å². The number of nitrogens with zero attached hydrogens (tertiary/aromatic N) is 3. The van der Waals surface area contributed by atoms with Gasteiger partial charge in [0.15, 0.2) is 0 Å². The van der Waals surface area contributed by atoms with E-state index in [4.69, 9.17) is 0 Å². The first kappa shape index (κ1) is 29.7. The van der Waals surface area contributed by atoms with Gasteiger partial charge in [-0.3, -0.25) is 0 Å². The SMILES string of the molecule is N#Cc1ccc(-c2ccccc2)c(-n2c3ccccc3c3c(-c4ccc5c(c4)c4ccccc4n5-c4ccccc4)cccc32)c1-c1ccccc1. The molecule has 0 bridgehead atoms. The van der Waals surface area contributed by atoms with Crippen molar-refractivity contribution >= 4 is 43.6 Å². The van der Waals surface area contributed by atoms with Crippen LogP contribution in [0.5, 0.6) is 0 Å². The minimum absolute atomic E-state index is 0.642. The van der Waals surface area contributed by atoms with Crippen molar-refractivity contribution < 1.29 is 0 Å². The molecular weight excluding hydrogens is 631 g/mol. The predicted molar refractivity (Wildman–Crippen MR) is 216 cm³/mol. The lowest BCUT2D eigenvalue weighted by molar-refractivity contribution is 1.18. The third-order valence-corrected chi connectivity index (χ3v) is 10.4. The second-order valence-corrected chi connectivity index (χ2v) is 13.2. The van der Waals surface area contributed by atoms with Crippen LogP contribution >= 0.6 is 0 Å². The monoisotopic (exact) mass is 661 g/mol. The van der Waals surface area contributed by atoms with E-state index in [-0.39, 0.29) is 0 Å². The van der Waals surface area contributed by atoms with Gasteiger partial charge in [0.25, 0.3) is 0 Å². The summed E-state index contributed by atoms with van der Waals surface area (Å²) < 4.78 is 4.75. The smallest absolute Gasteiger partial charge is 0.0998 e. The Balaban J connectivity index is 1.30. The molecule has 0 saturated heterocycles. The third-order valence-electron chi connectivity index (χ3n) is 10.4. The fourth-order valence-electron chi connectivity index (χ4n) is 8.16. The van der Waals surface area contributed by atoms with Crippen LogP contribution in [0.25, 0.3) is 88.4 Å². The molecular formula is C49H31N3. The number of aromatic nitrogens is 2. The Morgan fingerprint density at radius 3 is 1.71 bits per heavy atom. The number of rotatable bonds is 5. The van der Waals surface area contributed by atoms with Crippen molar-refractivity contribution in [1.29, 1.82) is 5.26 Å². The molecule has 3 heteroatoms. The van der Waals surface area contributed by atoms with Crippen LogP contribution < -0.4 is 0 Å². The van der Waals surface area contributed by atoms with E-state index in [0.717, 1.165) is 50.2 Å². The summed E-state index contributed by atoms with van der Waals surface area (Å²) in [6, 6.07) is 68.9. The molecule has 3 nitrogen and oxygen atoms in total. The highest BCUT2D eigenvalue weighted by molar-refractivity contribution is 6.18. The van der Waals surface area contributed by atoms with Crippen LogP contribution in [0.3, 0.4) is 0 Å². The van der Waals surface area contributed by atoms with Gasteiger partial charge in [0.05, 0.1) is 39.4 Å². The zero-order valence-electron chi connectivity index (χ0n) is 28.2. The molecule has 10 rings (SSSR count). The number of para-hydroxylation sites is 3. The van der Waals surface area contributed by atoms with Crippen molar-refractivity contribution in [3.8, 4) is 50.8 Å². The Labute approximate surface area is 301 Å². The van der Waals surface area contributed by atoms with Gasteiger partial charge < -0.3 is 9.13 Å². The van der Waals surface area contributed by atoms with Crippen LogP contribution in [0.15, 0.2) is 188 Å². The maximum Gasteiger partial charge on any atom is 0.0998 e. The lowest BCUT2D eigenvalue weighted by Gasteiger charge is -2.20. The molecule has 0 spiro atoms. The highest BCUT2D eigenvalue weighted by Gasteiger charge is 2.24. The van der Waals surface area contributed by atoms with Gasteiger partial charge in [0.1, 0.15) is 0 Å². The maximum absolute atomic E-state index is 10.6. The molecule has 0 aliphatic rings. The molecule has 10 aromatic rings. The van der Waals surface area contributed by atoms with Gasteiger partial charge in [-0.05, 0) is 70.8 Å². The average molecular weight is 662 g/mol. The Morgan fingerprint density at radius 2 is 0.981 bits per heavy atom.